The molecule has 6 heteroatoms. The summed E-state index contributed by atoms with van der Waals surface area (Å²) < 4.78 is 0. The molecule has 1 aromatic rings. The van der Waals surface area contributed by atoms with E-state index in [4.69, 9.17) is 5.73 Å². The highest BCUT2D eigenvalue weighted by atomic mass is 127. The second kappa shape index (κ2) is 11.3. The van der Waals surface area contributed by atoms with Gasteiger partial charge in [0.25, 0.3) is 0 Å². The molecule has 140 valence electrons. The normalized spacial score (nSPS) is 15.4. The molecule has 0 aliphatic heterocycles. The average Bonchev–Trinajstić information content (AvgIpc) is 2.62. The largest absolute Gasteiger partial charge is 0.370 e. The maximum absolute atomic E-state index is 12.3. The van der Waals surface area contributed by atoms with Gasteiger partial charge in [-0.25, -0.2) is 4.99 Å². The first-order chi connectivity index (χ1) is 11.6. The number of guanidine groups is 1. The van der Waals surface area contributed by atoms with Crippen molar-refractivity contribution < 1.29 is 4.79 Å². The molecule has 2 rings (SSSR count). The zero-order chi connectivity index (χ0) is 17.4. The maximum Gasteiger partial charge on any atom is 0.227 e. The summed E-state index contributed by atoms with van der Waals surface area (Å²) in [6, 6.07) is 7.88. The Bertz CT molecular complexity index is 566. The summed E-state index contributed by atoms with van der Waals surface area (Å²) in [4.78, 5) is 18.8. The Labute approximate surface area is 168 Å². The van der Waals surface area contributed by atoms with Gasteiger partial charge in [-0.3, -0.25) is 4.79 Å². The van der Waals surface area contributed by atoms with Crippen LogP contribution in [0.5, 0.6) is 0 Å². The van der Waals surface area contributed by atoms with E-state index in [1.807, 2.05) is 29.2 Å². The lowest BCUT2D eigenvalue weighted by molar-refractivity contribution is -0.120. The molecule has 25 heavy (non-hydrogen) atoms. The summed E-state index contributed by atoms with van der Waals surface area (Å²) >= 11 is 0. The van der Waals surface area contributed by atoms with E-state index in [2.05, 4.69) is 24.2 Å². The van der Waals surface area contributed by atoms with Crippen LogP contribution in [0.4, 0.5) is 5.69 Å². The van der Waals surface area contributed by atoms with Gasteiger partial charge in [0.2, 0.25) is 5.91 Å². The van der Waals surface area contributed by atoms with E-state index in [1.54, 1.807) is 0 Å². The second-order valence-electron chi connectivity index (χ2n) is 6.37. The van der Waals surface area contributed by atoms with Crippen LogP contribution in [0.3, 0.4) is 0 Å². The number of nitrogens with zero attached hydrogens (tertiary/aromatic N) is 2. The number of rotatable bonds is 6. The van der Waals surface area contributed by atoms with Gasteiger partial charge in [0.05, 0.1) is 6.54 Å². The van der Waals surface area contributed by atoms with Crippen LogP contribution >= 0.6 is 24.0 Å². The van der Waals surface area contributed by atoms with Crippen LogP contribution in [0.15, 0.2) is 29.3 Å². The molecular weight excluding hydrogens is 427 g/mol. The Balaban J connectivity index is 0.00000312. The fourth-order valence-electron chi connectivity index (χ4n) is 3.18. The van der Waals surface area contributed by atoms with Gasteiger partial charge in [0.1, 0.15) is 0 Å². The number of aliphatic imine (C=N–C) groups is 1. The van der Waals surface area contributed by atoms with Gasteiger partial charge < -0.3 is 16.0 Å². The first-order valence-corrected chi connectivity index (χ1v) is 9.08. The molecule has 0 spiro atoms. The van der Waals surface area contributed by atoms with E-state index < -0.39 is 0 Å². The maximum atomic E-state index is 12.3. The molecule has 1 amide bonds. The number of amides is 1. The Morgan fingerprint density at radius 3 is 2.56 bits per heavy atom. The molecule has 1 aliphatic carbocycles. The molecule has 1 aromatic carbocycles. The summed E-state index contributed by atoms with van der Waals surface area (Å²) in [5.74, 6) is 0.883. The summed E-state index contributed by atoms with van der Waals surface area (Å²) in [6.07, 6.45) is 5.60. The van der Waals surface area contributed by atoms with E-state index >= 15 is 0 Å². The van der Waals surface area contributed by atoms with Crippen LogP contribution in [-0.4, -0.2) is 29.9 Å². The van der Waals surface area contributed by atoms with Gasteiger partial charge in [-0.1, -0.05) is 31.4 Å². The summed E-state index contributed by atoms with van der Waals surface area (Å²) in [6.45, 7) is 6.35. The molecule has 5 nitrogen and oxygen atoms in total. The minimum absolute atomic E-state index is 0. The SMILES string of the molecule is CCN(CC)C(N)=NCc1cccc(NC(=O)C2CCCCC2)c1.I. The Kier molecular flexibility index (Phi) is 9.85. The summed E-state index contributed by atoms with van der Waals surface area (Å²) in [5.41, 5.74) is 7.90. The van der Waals surface area contributed by atoms with E-state index in [0.29, 0.717) is 12.5 Å². The van der Waals surface area contributed by atoms with Gasteiger partial charge in [0, 0.05) is 24.7 Å². The van der Waals surface area contributed by atoms with Crippen molar-refractivity contribution in [2.24, 2.45) is 16.6 Å². The predicted octanol–water partition coefficient (Wildman–Crippen LogP) is 3.98. The van der Waals surface area contributed by atoms with Crippen LogP contribution in [0, 0.1) is 5.92 Å². The number of halogens is 1. The van der Waals surface area contributed by atoms with Crippen molar-refractivity contribution >= 4 is 41.5 Å². The number of carbonyl (C=O) groups is 1. The number of nitrogens with two attached hydrogens (primary N) is 1. The summed E-state index contributed by atoms with van der Waals surface area (Å²) in [5, 5.41) is 3.06. The molecular formula is C19H31IN4O. The molecule has 1 saturated carbocycles. The minimum Gasteiger partial charge on any atom is -0.370 e. The molecule has 1 fully saturated rings. The average molecular weight is 458 g/mol. The number of hydrogen-bond acceptors (Lipinski definition) is 2. The van der Waals surface area contributed by atoms with Crippen molar-refractivity contribution in [2.45, 2.75) is 52.5 Å². The first-order valence-electron chi connectivity index (χ1n) is 9.08. The number of nitrogens with one attached hydrogen (secondary N) is 1. The molecule has 0 aromatic heterocycles. The molecule has 0 radical (unpaired) electrons. The van der Waals surface area contributed by atoms with Gasteiger partial charge >= 0.3 is 0 Å². The van der Waals surface area contributed by atoms with Crippen LogP contribution < -0.4 is 11.1 Å². The fraction of sp³-hybridized carbons (Fsp3) is 0.579. The smallest absolute Gasteiger partial charge is 0.227 e. The van der Waals surface area contributed by atoms with Crippen LogP contribution in [-0.2, 0) is 11.3 Å². The van der Waals surface area contributed by atoms with Crippen molar-refractivity contribution in [1.82, 2.24) is 4.90 Å². The molecule has 3 N–H and O–H groups in total. The van der Waals surface area contributed by atoms with Crippen LogP contribution in [0.2, 0.25) is 0 Å². The minimum atomic E-state index is 0. The molecule has 0 bridgehead atoms. The van der Waals surface area contributed by atoms with Crippen LogP contribution in [0.1, 0.15) is 51.5 Å². The first kappa shape index (κ1) is 21.7. The third kappa shape index (κ3) is 6.84. The Morgan fingerprint density at radius 2 is 1.92 bits per heavy atom. The monoisotopic (exact) mass is 458 g/mol. The quantitative estimate of drug-likeness (QED) is 0.385. The molecule has 0 atom stereocenters. The lowest BCUT2D eigenvalue weighted by Gasteiger charge is -2.21. The standard InChI is InChI=1S/C19H30N4O.HI/c1-3-23(4-2)19(20)21-14-15-9-8-12-17(13-15)22-18(24)16-10-6-5-7-11-16;/h8-9,12-13,16H,3-7,10-11,14H2,1-2H3,(H2,20,21)(H,22,24);1H. The van der Waals surface area contributed by atoms with Gasteiger partial charge in [-0.05, 0) is 44.4 Å². The highest BCUT2D eigenvalue weighted by Crippen LogP contribution is 2.25. The van der Waals surface area contributed by atoms with E-state index in [0.717, 1.165) is 50.0 Å². The van der Waals surface area contributed by atoms with E-state index in [9.17, 15) is 4.79 Å². The third-order valence-electron chi connectivity index (χ3n) is 4.68. The third-order valence-corrected chi connectivity index (χ3v) is 4.68. The lowest BCUT2D eigenvalue weighted by Crippen LogP contribution is -2.37. The van der Waals surface area contributed by atoms with Crippen molar-refractivity contribution in [3.05, 3.63) is 29.8 Å². The predicted molar refractivity (Wildman–Crippen MR) is 115 cm³/mol. The molecule has 0 saturated heterocycles. The van der Waals surface area contributed by atoms with Crippen molar-refractivity contribution in [3.63, 3.8) is 0 Å². The van der Waals surface area contributed by atoms with E-state index in [1.165, 1.54) is 6.42 Å². The van der Waals surface area contributed by atoms with Crippen LogP contribution in [0.25, 0.3) is 0 Å². The van der Waals surface area contributed by atoms with Crippen molar-refractivity contribution in [3.8, 4) is 0 Å². The summed E-state index contributed by atoms with van der Waals surface area (Å²) in [7, 11) is 0. The fourth-order valence-corrected chi connectivity index (χ4v) is 3.18. The topological polar surface area (TPSA) is 70.7 Å². The highest BCUT2D eigenvalue weighted by Gasteiger charge is 2.20. The molecule has 1 aliphatic rings. The Morgan fingerprint density at radius 1 is 1.24 bits per heavy atom. The Hall–Kier alpha value is -1.31. The van der Waals surface area contributed by atoms with Gasteiger partial charge in [-0.15, -0.1) is 24.0 Å². The molecule has 0 unspecified atom stereocenters. The number of carbonyl (C=O) groups excluding carboxylic acids is 1. The van der Waals surface area contributed by atoms with Crippen molar-refractivity contribution in [2.75, 3.05) is 18.4 Å². The zero-order valence-corrected chi connectivity index (χ0v) is 17.7. The highest BCUT2D eigenvalue weighted by molar-refractivity contribution is 14.0. The lowest BCUT2D eigenvalue weighted by atomic mass is 9.88. The zero-order valence-electron chi connectivity index (χ0n) is 15.3. The van der Waals surface area contributed by atoms with Crippen molar-refractivity contribution in [1.29, 1.82) is 0 Å². The number of anilines is 1. The number of benzene rings is 1. The van der Waals surface area contributed by atoms with E-state index in [-0.39, 0.29) is 35.8 Å². The van der Waals surface area contributed by atoms with Gasteiger partial charge in [-0.2, -0.15) is 0 Å². The van der Waals surface area contributed by atoms with Gasteiger partial charge in [0.15, 0.2) is 5.96 Å². The second-order valence-corrected chi connectivity index (χ2v) is 6.37. The number of hydrogen-bond donors (Lipinski definition) is 2. The molecule has 0 heterocycles.